The van der Waals surface area contributed by atoms with E-state index < -0.39 is 0 Å². The van der Waals surface area contributed by atoms with E-state index in [-0.39, 0.29) is 6.10 Å². The van der Waals surface area contributed by atoms with Gasteiger partial charge in [0, 0.05) is 37.4 Å². The van der Waals surface area contributed by atoms with Gasteiger partial charge in [-0.15, -0.1) is 0 Å². The van der Waals surface area contributed by atoms with Crippen molar-refractivity contribution in [1.29, 1.82) is 0 Å². The first kappa shape index (κ1) is 20.6. The van der Waals surface area contributed by atoms with E-state index in [9.17, 15) is 0 Å². The molecule has 2 N–H and O–H groups in total. The maximum atomic E-state index is 5.90. The van der Waals surface area contributed by atoms with Crippen LogP contribution in [0.25, 0.3) is 11.4 Å². The predicted octanol–water partition coefficient (Wildman–Crippen LogP) is 2.64. The molecule has 9 heteroatoms. The Morgan fingerprint density at radius 3 is 2.93 bits per heavy atom. The van der Waals surface area contributed by atoms with Crippen molar-refractivity contribution >= 4 is 17.6 Å². The van der Waals surface area contributed by atoms with Crippen molar-refractivity contribution < 1.29 is 14.0 Å². The molecule has 3 rings (SSSR count). The molecule has 1 aromatic heterocycles. The molecule has 0 saturated carbocycles. The van der Waals surface area contributed by atoms with E-state index in [1.807, 2.05) is 12.1 Å². The molecule has 1 fully saturated rings. The molecule has 1 aromatic carbocycles. The van der Waals surface area contributed by atoms with Crippen LogP contribution in [0.3, 0.4) is 0 Å². The number of hydrogen-bond donors (Lipinski definition) is 2. The number of hydrogen-bond acceptors (Lipinski definition) is 6. The SMILES string of the molecule is CN=C(NCCCOCC1CCCO1)NCc1nc(-c2ccc(Cl)cc2)no1. The van der Waals surface area contributed by atoms with Crippen LogP contribution in [0.1, 0.15) is 25.2 Å². The lowest BCUT2D eigenvalue weighted by atomic mass is 10.2. The molecule has 0 bridgehead atoms. The Kier molecular flexibility index (Phi) is 8.07. The average molecular weight is 408 g/mol. The predicted molar refractivity (Wildman–Crippen MR) is 107 cm³/mol. The maximum absolute atomic E-state index is 5.90. The summed E-state index contributed by atoms with van der Waals surface area (Å²) in [5, 5.41) is 11.1. The monoisotopic (exact) mass is 407 g/mol. The summed E-state index contributed by atoms with van der Waals surface area (Å²) < 4.78 is 16.5. The molecular formula is C19H26ClN5O3. The Morgan fingerprint density at radius 1 is 1.32 bits per heavy atom. The Hall–Kier alpha value is -2.16. The van der Waals surface area contributed by atoms with Crippen LogP contribution in [-0.4, -0.2) is 55.6 Å². The van der Waals surface area contributed by atoms with Gasteiger partial charge in [-0.2, -0.15) is 4.98 Å². The second-order valence-electron chi connectivity index (χ2n) is 6.43. The smallest absolute Gasteiger partial charge is 0.246 e. The molecule has 8 nitrogen and oxygen atoms in total. The number of guanidine groups is 1. The van der Waals surface area contributed by atoms with Gasteiger partial charge in [-0.25, -0.2) is 0 Å². The van der Waals surface area contributed by atoms with Gasteiger partial charge in [0.1, 0.15) is 0 Å². The van der Waals surface area contributed by atoms with Gasteiger partial charge in [-0.1, -0.05) is 16.8 Å². The molecule has 0 spiro atoms. The molecule has 0 radical (unpaired) electrons. The van der Waals surface area contributed by atoms with Crippen molar-refractivity contribution in [2.45, 2.75) is 31.9 Å². The highest BCUT2D eigenvalue weighted by molar-refractivity contribution is 6.30. The third-order valence-electron chi connectivity index (χ3n) is 4.29. The maximum Gasteiger partial charge on any atom is 0.246 e. The van der Waals surface area contributed by atoms with Crippen LogP contribution in [0.15, 0.2) is 33.8 Å². The zero-order valence-corrected chi connectivity index (χ0v) is 16.7. The number of rotatable bonds is 9. The van der Waals surface area contributed by atoms with Gasteiger partial charge in [0.15, 0.2) is 5.96 Å². The molecule has 28 heavy (non-hydrogen) atoms. The van der Waals surface area contributed by atoms with Gasteiger partial charge in [-0.05, 0) is 43.5 Å². The highest BCUT2D eigenvalue weighted by Gasteiger charge is 2.15. The zero-order chi connectivity index (χ0) is 19.6. The third-order valence-corrected chi connectivity index (χ3v) is 4.54. The lowest BCUT2D eigenvalue weighted by Crippen LogP contribution is -2.37. The molecule has 152 valence electrons. The van der Waals surface area contributed by atoms with Crippen LogP contribution in [0.4, 0.5) is 0 Å². The molecule has 0 amide bonds. The minimum Gasteiger partial charge on any atom is -0.379 e. The van der Waals surface area contributed by atoms with Crippen LogP contribution < -0.4 is 10.6 Å². The largest absolute Gasteiger partial charge is 0.379 e. The number of benzene rings is 1. The Bertz CT molecular complexity index is 744. The third kappa shape index (κ3) is 6.47. The summed E-state index contributed by atoms with van der Waals surface area (Å²) in [5.74, 6) is 1.68. The second kappa shape index (κ2) is 11.0. The molecule has 2 aromatic rings. The fraction of sp³-hybridized carbons (Fsp3) is 0.526. The van der Waals surface area contributed by atoms with Crippen LogP contribution >= 0.6 is 11.6 Å². The first-order valence-electron chi connectivity index (χ1n) is 9.47. The average Bonchev–Trinajstić information content (AvgIpc) is 3.39. The van der Waals surface area contributed by atoms with Crippen molar-refractivity contribution in [2.24, 2.45) is 4.99 Å². The second-order valence-corrected chi connectivity index (χ2v) is 6.87. The summed E-state index contributed by atoms with van der Waals surface area (Å²) in [6, 6.07) is 7.29. The zero-order valence-electron chi connectivity index (χ0n) is 16.0. The van der Waals surface area contributed by atoms with Crippen LogP contribution in [0.5, 0.6) is 0 Å². The van der Waals surface area contributed by atoms with E-state index in [1.165, 1.54) is 0 Å². The number of aromatic nitrogens is 2. The lowest BCUT2D eigenvalue weighted by molar-refractivity contribution is 0.0168. The molecule has 1 aliphatic rings. The topological polar surface area (TPSA) is 93.8 Å². The van der Waals surface area contributed by atoms with Gasteiger partial charge in [0.25, 0.3) is 0 Å². The highest BCUT2D eigenvalue weighted by Crippen LogP contribution is 2.18. The molecule has 1 aliphatic heterocycles. The molecule has 1 saturated heterocycles. The normalized spacial score (nSPS) is 17.1. The standard InChI is InChI=1S/C19H26ClN5O3/c1-21-19(22-9-3-10-26-13-16-4-2-11-27-16)23-12-17-24-18(25-28-17)14-5-7-15(20)8-6-14/h5-8,16H,2-4,9-13H2,1H3,(H2,21,22,23). The number of aliphatic imine (C=N–C) groups is 1. The van der Waals surface area contributed by atoms with E-state index in [0.29, 0.717) is 42.5 Å². The van der Waals surface area contributed by atoms with Crippen LogP contribution in [0, 0.1) is 0 Å². The van der Waals surface area contributed by atoms with Gasteiger partial charge < -0.3 is 24.6 Å². The first-order chi connectivity index (χ1) is 13.7. The van der Waals surface area contributed by atoms with E-state index in [1.54, 1.807) is 19.2 Å². The van der Waals surface area contributed by atoms with Crippen molar-refractivity contribution in [3.63, 3.8) is 0 Å². The highest BCUT2D eigenvalue weighted by atomic mass is 35.5. The summed E-state index contributed by atoms with van der Waals surface area (Å²) in [5.41, 5.74) is 0.852. The van der Waals surface area contributed by atoms with Gasteiger partial charge in [-0.3, -0.25) is 4.99 Å². The van der Waals surface area contributed by atoms with Crippen molar-refractivity contribution in [3.8, 4) is 11.4 Å². The number of ether oxygens (including phenoxy) is 2. The van der Waals surface area contributed by atoms with E-state index in [4.69, 9.17) is 25.6 Å². The minimum atomic E-state index is 0.273. The summed E-state index contributed by atoms with van der Waals surface area (Å²) in [6.45, 7) is 3.37. The summed E-state index contributed by atoms with van der Waals surface area (Å²) in [6.07, 6.45) is 3.40. The van der Waals surface area contributed by atoms with Crippen molar-refractivity contribution in [1.82, 2.24) is 20.8 Å². The fourth-order valence-corrected chi connectivity index (χ4v) is 2.92. The van der Waals surface area contributed by atoms with Gasteiger partial charge >= 0.3 is 0 Å². The summed E-state index contributed by atoms with van der Waals surface area (Å²) in [4.78, 5) is 8.56. The van der Waals surface area contributed by atoms with Crippen LogP contribution in [-0.2, 0) is 16.0 Å². The quantitative estimate of drug-likeness (QED) is 0.375. The van der Waals surface area contributed by atoms with E-state index in [2.05, 4.69) is 25.8 Å². The Balaban J connectivity index is 1.33. The number of halogens is 1. The van der Waals surface area contributed by atoms with E-state index >= 15 is 0 Å². The van der Waals surface area contributed by atoms with Crippen molar-refractivity contribution in [3.05, 3.63) is 35.2 Å². The van der Waals surface area contributed by atoms with Crippen molar-refractivity contribution in [2.75, 3.05) is 33.4 Å². The summed E-state index contributed by atoms with van der Waals surface area (Å²) >= 11 is 5.90. The lowest BCUT2D eigenvalue weighted by Gasteiger charge is -2.12. The molecule has 1 atom stereocenters. The van der Waals surface area contributed by atoms with E-state index in [0.717, 1.165) is 38.0 Å². The number of nitrogens with one attached hydrogen (secondary N) is 2. The first-order valence-corrected chi connectivity index (χ1v) is 9.85. The fourth-order valence-electron chi connectivity index (χ4n) is 2.79. The summed E-state index contributed by atoms with van der Waals surface area (Å²) in [7, 11) is 1.72. The molecule has 2 heterocycles. The van der Waals surface area contributed by atoms with Gasteiger partial charge in [0.05, 0.1) is 19.3 Å². The van der Waals surface area contributed by atoms with Gasteiger partial charge in [0.2, 0.25) is 11.7 Å². The van der Waals surface area contributed by atoms with Crippen LogP contribution in [0.2, 0.25) is 5.02 Å². The molecular weight excluding hydrogens is 382 g/mol. The molecule has 0 aliphatic carbocycles. The number of nitrogens with zero attached hydrogens (tertiary/aromatic N) is 3. The Morgan fingerprint density at radius 2 is 2.18 bits per heavy atom. The molecule has 1 unspecified atom stereocenters. The Labute approximate surface area is 169 Å². The minimum absolute atomic E-state index is 0.273.